The predicted molar refractivity (Wildman–Crippen MR) is 76.3 cm³/mol. The Labute approximate surface area is 104 Å². The molecule has 0 bridgehead atoms. The summed E-state index contributed by atoms with van der Waals surface area (Å²) in [5.41, 5.74) is 3.78. The van der Waals surface area contributed by atoms with E-state index in [9.17, 15) is 0 Å². The van der Waals surface area contributed by atoms with E-state index in [1.165, 1.54) is 27.5 Å². The standard InChI is InChI=1S/C15H15Br/c1-9-5-6-10(2)15-12(4)13(8-16)7-11(3)14(9)15/h5-7H,3-4,8H2,1-2H3. The van der Waals surface area contributed by atoms with Gasteiger partial charge in [-0.3, -0.25) is 0 Å². The summed E-state index contributed by atoms with van der Waals surface area (Å²) in [6, 6.07) is 6.44. The van der Waals surface area contributed by atoms with E-state index in [-0.39, 0.29) is 0 Å². The van der Waals surface area contributed by atoms with Crippen LogP contribution in [0.5, 0.6) is 0 Å². The van der Waals surface area contributed by atoms with Crippen molar-refractivity contribution in [2.45, 2.75) is 19.2 Å². The van der Waals surface area contributed by atoms with Crippen molar-refractivity contribution < 1.29 is 0 Å². The van der Waals surface area contributed by atoms with Gasteiger partial charge in [0.2, 0.25) is 0 Å². The number of halogens is 1. The number of benzene rings is 2. The first-order valence-corrected chi connectivity index (χ1v) is 6.44. The van der Waals surface area contributed by atoms with E-state index in [1.54, 1.807) is 0 Å². The smallest absolute Gasteiger partial charge is 0.0289 e. The molecule has 0 radical (unpaired) electrons. The Bertz CT molecular complexity index is 653. The van der Waals surface area contributed by atoms with Crippen molar-refractivity contribution in [3.63, 3.8) is 0 Å². The molecule has 0 aromatic heterocycles. The van der Waals surface area contributed by atoms with E-state index in [2.05, 4.69) is 61.1 Å². The van der Waals surface area contributed by atoms with Crippen molar-refractivity contribution >= 4 is 39.9 Å². The summed E-state index contributed by atoms with van der Waals surface area (Å²) in [6.45, 7) is 12.6. The van der Waals surface area contributed by atoms with Crippen molar-refractivity contribution in [2.75, 3.05) is 0 Å². The highest BCUT2D eigenvalue weighted by Gasteiger charge is 2.05. The normalized spacial score (nSPS) is 10.9. The Morgan fingerprint density at radius 1 is 1.06 bits per heavy atom. The molecule has 0 aliphatic heterocycles. The lowest BCUT2D eigenvalue weighted by atomic mass is 9.96. The summed E-state index contributed by atoms with van der Waals surface area (Å²) in [4.78, 5) is 0. The van der Waals surface area contributed by atoms with E-state index in [1.807, 2.05) is 0 Å². The van der Waals surface area contributed by atoms with Crippen molar-refractivity contribution in [2.24, 2.45) is 0 Å². The second kappa shape index (κ2) is 4.06. The predicted octanol–water partition coefficient (Wildman–Crippen LogP) is 3.17. The third kappa shape index (κ3) is 1.60. The largest absolute Gasteiger partial charge is 0.0911 e. The van der Waals surface area contributed by atoms with Crippen LogP contribution in [-0.2, 0) is 5.33 Å². The molecular weight excluding hydrogens is 260 g/mol. The van der Waals surface area contributed by atoms with Crippen molar-refractivity contribution in [3.8, 4) is 0 Å². The molecule has 0 amide bonds. The fourth-order valence-corrected chi connectivity index (χ4v) is 2.76. The lowest BCUT2D eigenvalue weighted by molar-refractivity contribution is 1.37. The topological polar surface area (TPSA) is 0 Å². The van der Waals surface area contributed by atoms with Gasteiger partial charge in [0.1, 0.15) is 0 Å². The molecule has 0 aliphatic carbocycles. The molecule has 2 aromatic carbocycles. The van der Waals surface area contributed by atoms with Gasteiger partial charge in [-0.2, -0.15) is 0 Å². The third-order valence-electron chi connectivity index (χ3n) is 3.12. The zero-order chi connectivity index (χ0) is 11.9. The number of hydrogen-bond acceptors (Lipinski definition) is 0. The van der Waals surface area contributed by atoms with Crippen LogP contribution in [0.2, 0.25) is 0 Å². The highest BCUT2D eigenvalue weighted by Crippen LogP contribution is 2.16. The summed E-state index contributed by atoms with van der Waals surface area (Å²) in [6.07, 6.45) is 0. The Balaban J connectivity index is 3.14. The molecule has 0 N–H and O–H groups in total. The van der Waals surface area contributed by atoms with Gasteiger partial charge in [0.15, 0.2) is 0 Å². The van der Waals surface area contributed by atoms with Gasteiger partial charge in [-0.15, -0.1) is 0 Å². The van der Waals surface area contributed by atoms with Crippen LogP contribution >= 0.6 is 15.9 Å². The monoisotopic (exact) mass is 274 g/mol. The van der Waals surface area contributed by atoms with E-state index in [4.69, 9.17) is 0 Å². The summed E-state index contributed by atoms with van der Waals surface area (Å²) >= 11 is 3.50. The molecule has 0 unspecified atom stereocenters. The lowest BCUT2D eigenvalue weighted by Crippen LogP contribution is -2.16. The SMILES string of the molecule is C=c1cc(CBr)c(=C)c2c(C)ccc(C)c12. The fraction of sp³-hybridized carbons (Fsp3) is 0.200. The molecule has 16 heavy (non-hydrogen) atoms. The van der Waals surface area contributed by atoms with E-state index in [0.29, 0.717) is 0 Å². The molecule has 0 aliphatic rings. The number of fused-ring (bicyclic) bond motifs is 1. The van der Waals surface area contributed by atoms with Crippen LogP contribution in [0.4, 0.5) is 0 Å². The van der Waals surface area contributed by atoms with Gasteiger partial charge in [-0.1, -0.05) is 47.3 Å². The summed E-state index contributed by atoms with van der Waals surface area (Å²) in [5, 5.41) is 5.58. The van der Waals surface area contributed by atoms with Crippen LogP contribution in [0.3, 0.4) is 0 Å². The molecule has 0 heterocycles. The maximum atomic E-state index is 4.20. The minimum Gasteiger partial charge on any atom is -0.0911 e. The van der Waals surface area contributed by atoms with Gasteiger partial charge in [0.05, 0.1) is 0 Å². The maximum absolute atomic E-state index is 4.20. The quantitative estimate of drug-likeness (QED) is 0.701. The molecule has 0 atom stereocenters. The van der Waals surface area contributed by atoms with E-state index < -0.39 is 0 Å². The zero-order valence-corrected chi connectivity index (χ0v) is 11.3. The molecule has 2 rings (SSSR count). The highest BCUT2D eigenvalue weighted by atomic mass is 79.9. The minimum absolute atomic E-state index is 0.831. The van der Waals surface area contributed by atoms with Crippen molar-refractivity contribution in [1.29, 1.82) is 0 Å². The maximum Gasteiger partial charge on any atom is 0.0289 e. The van der Waals surface area contributed by atoms with Crippen LogP contribution in [0.15, 0.2) is 18.2 Å². The summed E-state index contributed by atoms with van der Waals surface area (Å²) < 4.78 is 0. The van der Waals surface area contributed by atoms with Gasteiger partial charge in [-0.05, 0) is 51.7 Å². The van der Waals surface area contributed by atoms with E-state index in [0.717, 1.165) is 15.8 Å². The fourth-order valence-electron chi connectivity index (χ4n) is 2.26. The molecule has 0 spiro atoms. The van der Waals surface area contributed by atoms with Crippen LogP contribution in [-0.4, -0.2) is 0 Å². The highest BCUT2D eigenvalue weighted by molar-refractivity contribution is 9.08. The molecule has 2 aromatic rings. The Morgan fingerprint density at radius 3 is 2.19 bits per heavy atom. The Kier molecular flexibility index (Phi) is 2.90. The van der Waals surface area contributed by atoms with Gasteiger partial charge < -0.3 is 0 Å². The molecule has 82 valence electrons. The Morgan fingerprint density at radius 2 is 1.62 bits per heavy atom. The second-order valence-corrected chi connectivity index (χ2v) is 4.82. The first-order chi connectivity index (χ1) is 7.56. The average Bonchev–Trinajstić information content (AvgIpc) is 2.26. The van der Waals surface area contributed by atoms with Gasteiger partial charge in [0, 0.05) is 5.33 Å². The van der Waals surface area contributed by atoms with Crippen LogP contribution in [0, 0.1) is 13.8 Å². The molecule has 0 saturated carbocycles. The molecule has 0 fully saturated rings. The molecule has 0 saturated heterocycles. The molecular formula is C15H15Br. The third-order valence-corrected chi connectivity index (χ3v) is 3.73. The summed E-state index contributed by atoms with van der Waals surface area (Å²) in [5.74, 6) is 0. The zero-order valence-electron chi connectivity index (χ0n) is 9.73. The lowest BCUT2D eigenvalue weighted by Gasteiger charge is -2.09. The molecule has 1 heteroatoms. The number of hydrogen-bond donors (Lipinski definition) is 0. The Hall–Kier alpha value is -1.08. The second-order valence-electron chi connectivity index (χ2n) is 4.26. The number of rotatable bonds is 1. The average molecular weight is 275 g/mol. The van der Waals surface area contributed by atoms with Crippen LogP contribution in [0.1, 0.15) is 16.7 Å². The number of alkyl halides is 1. The van der Waals surface area contributed by atoms with Crippen molar-refractivity contribution in [1.82, 2.24) is 0 Å². The first kappa shape index (κ1) is 11.4. The first-order valence-electron chi connectivity index (χ1n) is 5.32. The van der Waals surface area contributed by atoms with Gasteiger partial charge in [0.25, 0.3) is 0 Å². The van der Waals surface area contributed by atoms with Crippen molar-refractivity contribution in [3.05, 3.63) is 45.3 Å². The van der Waals surface area contributed by atoms with Crippen LogP contribution in [0.25, 0.3) is 23.9 Å². The van der Waals surface area contributed by atoms with Gasteiger partial charge in [-0.25, -0.2) is 0 Å². The molecule has 0 nitrogen and oxygen atoms in total. The summed E-state index contributed by atoms with van der Waals surface area (Å²) in [7, 11) is 0. The number of aryl methyl sites for hydroxylation is 2. The minimum atomic E-state index is 0.831. The van der Waals surface area contributed by atoms with Crippen LogP contribution < -0.4 is 10.4 Å². The van der Waals surface area contributed by atoms with Gasteiger partial charge >= 0.3 is 0 Å². The van der Waals surface area contributed by atoms with E-state index >= 15 is 0 Å².